The monoisotopic (exact) mass is 284 g/mol. The summed E-state index contributed by atoms with van der Waals surface area (Å²) in [6, 6.07) is 5.68. The van der Waals surface area contributed by atoms with Gasteiger partial charge >= 0.3 is 0 Å². The first-order valence-corrected chi connectivity index (χ1v) is 7.35. The zero-order chi connectivity index (χ0) is 12.6. The third-order valence-corrected chi connectivity index (χ3v) is 5.24. The van der Waals surface area contributed by atoms with E-state index in [1.165, 1.54) is 16.2 Å². The Hall–Kier alpha value is -0.640. The molecule has 0 N–H and O–H groups in total. The van der Waals surface area contributed by atoms with Crippen molar-refractivity contribution in [1.82, 2.24) is 0 Å². The van der Waals surface area contributed by atoms with Gasteiger partial charge < -0.3 is 0 Å². The molecule has 2 aromatic heterocycles. The van der Waals surface area contributed by atoms with E-state index in [9.17, 15) is 4.79 Å². The van der Waals surface area contributed by atoms with Gasteiger partial charge in [-0.2, -0.15) is 0 Å². The van der Waals surface area contributed by atoms with Crippen molar-refractivity contribution in [2.24, 2.45) is 0 Å². The van der Waals surface area contributed by atoms with Gasteiger partial charge in [0.25, 0.3) is 0 Å². The van der Waals surface area contributed by atoms with Crippen LogP contribution in [0, 0.1) is 0 Å². The second-order valence-corrected chi connectivity index (χ2v) is 7.25. The van der Waals surface area contributed by atoms with Crippen LogP contribution in [0.4, 0.5) is 0 Å². The third kappa shape index (κ3) is 2.62. The van der Waals surface area contributed by atoms with Crippen molar-refractivity contribution < 1.29 is 4.79 Å². The molecular formula is C13H13ClOS2. The van der Waals surface area contributed by atoms with Crippen LogP contribution in [0.1, 0.15) is 40.2 Å². The van der Waals surface area contributed by atoms with Gasteiger partial charge in [0, 0.05) is 4.88 Å². The van der Waals surface area contributed by atoms with E-state index in [1.807, 2.05) is 17.5 Å². The zero-order valence-electron chi connectivity index (χ0n) is 9.91. The van der Waals surface area contributed by atoms with E-state index in [-0.39, 0.29) is 11.2 Å². The Kier molecular flexibility index (Phi) is 3.43. The second kappa shape index (κ2) is 4.56. The van der Waals surface area contributed by atoms with E-state index >= 15 is 0 Å². The molecule has 0 aliphatic rings. The minimum atomic E-state index is 0.0329. The maximum Gasteiger partial charge on any atom is 0.214 e. The Bertz CT molecular complexity index is 546. The molecule has 2 aromatic rings. The molecule has 17 heavy (non-hydrogen) atoms. The number of carbonyl (C=O) groups excluding carboxylic acids is 1. The van der Waals surface area contributed by atoms with Gasteiger partial charge in [0.2, 0.25) is 5.78 Å². The topological polar surface area (TPSA) is 17.1 Å². The van der Waals surface area contributed by atoms with Crippen LogP contribution < -0.4 is 0 Å². The first-order valence-electron chi connectivity index (χ1n) is 5.27. The Morgan fingerprint density at radius 3 is 2.41 bits per heavy atom. The molecule has 2 heterocycles. The van der Waals surface area contributed by atoms with Crippen LogP contribution in [-0.2, 0) is 5.41 Å². The summed E-state index contributed by atoms with van der Waals surface area (Å²) in [5.74, 6) is 0.0329. The lowest BCUT2D eigenvalue weighted by Gasteiger charge is -2.15. The number of thiophene rings is 2. The molecule has 0 amide bonds. The molecule has 0 spiro atoms. The van der Waals surface area contributed by atoms with Gasteiger partial charge in [-0.25, -0.2) is 0 Å². The Morgan fingerprint density at radius 1 is 1.24 bits per heavy atom. The normalized spacial score (nSPS) is 11.8. The van der Waals surface area contributed by atoms with E-state index in [2.05, 4.69) is 20.8 Å². The lowest BCUT2D eigenvalue weighted by Crippen LogP contribution is -2.07. The van der Waals surface area contributed by atoms with Crippen molar-refractivity contribution in [1.29, 1.82) is 0 Å². The number of rotatable bonds is 2. The fourth-order valence-electron chi connectivity index (χ4n) is 1.43. The van der Waals surface area contributed by atoms with Gasteiger partial charge in [-0.1, -0.05) is 32.4 Å². The molecule has 0 bridgehead atoms. The molecule has 0 aromatic carbocycles. The number of ketones is 1. The van der Waals surface area contributed by atoms with Crippen LogP contribution in [-0.4, -0.2) is 5.78 Å². The average Bonchev–Trinajstić information content (AvgIpc) is 2.83. The predicted molar refractivity (Wildman–Crippen MR) is 75.8 cm³/mol. The molecule has 1 nitrogen and oxygen atoms in total. The van der Waals surface area contributed by atoms with Crippen LogP contribution in [0.2, 0.25) is 5.02 Å². The standard InChI is InChI=1S/C13H13ClOS2/c1-13(2,3)10-5-4-9(17-10)11(15)12-8(14)6-7-16-12/h4-7H,1-3H3. The molecule has 0 saturated carbocycles. The molecule has 2 rings (SSSR count). The zero-order valence-corrected chi connectivity index (χ0v) is 12.3. The largest absolute Gasteiger partial charge is 0.287 e. The summed E-state index contributed by atoms with van der Waals surface area (Å²) in [5.41, 5.74) is 0.0858. The maximum atomic E-state index is 12.2. The van der Waals surface area contributed by atoms with Gasteiger partial charge in [0.1, 0.15) is 0 Å². The van der Waals surface area contributed by atoms with Crippen molar-refractivity contribution >= 4 is 40.1 Å². The molecule has 0 aliphatic heterocycles. The molecule has 0 aliphatic carbocycles. The third-order valence-electron chi connectivity index (χ3n) is 2.39. The Morgan fingerprint density at radius 2 is 1.94 bits per heavy atom. The van der Waals surface area contributed by atoms with Crippen LogP contribution >= 0.6 is 34.3 Å². The Balaban J connectivity index is 2.33. The average molecular weight is 285 g/mol. The molecule has 0 fully saturated rings. The van der Waals surface area contributed by atoms with Crippen molar-refractivity contribution in [3.05, 3.63) is 43.2 Å². The fourth-order valence-corrected chi connectivity index (χ4v) is 3.60. The fraction of sp³-hybridized carbons (Fsp3) is 0.308. The summed E-state index contributed by atoms with van der Waals surface area (Å²) < 4.78 is 0. The van der Waals surface area contributed by atoms with Crippen molar-refractivity contribution in [3.63, 3.8) is 0 Å². The molecule has 0 radical (unpaired) electrons. The SMILES string of the molecule is CC(C)(C)c1ccc(C(=O)c2sccc2Cl)s1. The Labute approximate surface area is 114 Å². The number of carbonyl (C=O) groups is 1. The molecule has 0 saturated heterocycles. The van der Waals surface area contributed by atoms with E-state index in [1.54, 1.807) is 17.4 Å². The van der Waals surface area contributed by atoms with E-state index < -0.39 is 0 Å². The highest BCUT2D eigenvalue weighted by Crippen LogP contribution is 2.32. The molecule has 90 valence electrons. The van der Waals surface area contributed by atoms with Crippen molar-refractivity contribution in [3.8, 4) is 0 Å². The van der Waals surface area contributed by atoms with Crippen LogP contribution in [0.3, 0.4) is 0 Å². The van der Waals surface area contributed by atoms with Crippen molar-refractivity contribution in [2.45, 2.75) is 26.2 Å². The summed E-state index contributed by atoms with van der Waals surface area (Å²) in [6.07, 6.45) is 0. The van der Waals surface area contributed by atoms with Gasteiger partial charge in [-0.3, -0.25) is 4.79 Å². The summed E-state index contributed by atoms with van der Waals surface area (Å²) in [7, 11) is 0. The first-order chi connectivity index (χ1) is 7.89. The van der Waals surface area contributed by atoms with Gasteiger partial charge in [0.15, 0.2) is 0 Å². The predicted octanol–water partition coefficient (Wildman–Crippen LogP) is 4.99. The molecular weight excluding hydrogens is 272 g/mol. The van der Waals surface area contributed by atoms with Crippen molar-refractivity contribution in [2.75, 3.05) is 0 Å². The summed E-state index contributed by atoms with van der Waals surface area (Å²) in [5, 5.41) is 2.39. The van der Waals surface area contributed by atoms with Crippen LogP contribution in [0.15, 0.2) is 23.6 Å². The minimum Gasteiger partial charge on any atom is -0.287 e. The van der Waals surface area contributed by atoms with Crippen LogP contribution in [0.25, 0.3) is 0 Å². The van der Waals surface area contributed by atoms with Gasteiger partial charge in [0.05, 0.1) is 14.8 Å². The summed E-state index contributed by atoms with van der Waals surface area (Å²) in [4.78, 5) is 14.8. The molecule has 0 atom stereocenters. The van der Waals surface area contributed by atoms with Gasteiger partial charge in [-0.15, -0.1) is 22.7 Å². The minimum absolute atomic E-state index is 0.0329. The smallest absolute Gasteiger partial charge is 0.214 e. The summed E-state index contributed by atoms with van der Waals surface area (Å²) >= 11 is 8.92. The number of hydrogen-bond acceptors (Lipinski definition) is 3. The maximum absolute atomic E-state index is 12.2. The first kappa shape index (κ1) is 12.8. The summed E-state index contributed by atoms with van der Waals surface area (Å²) in [6.45, 7) is 6.43. The number of hydrogen-bond donors (Lipinski definition) is 0. The highest BCUT2D eigenvalue weighted by atomic mass is 35.5. The highest BCUT2D eigenvalue weighted by molar-refractivity contribution is 7.17. The lowest BCUT2D eigenvalue weighted by atomic mass is 9.95. The highest BCUT2D eigenvalue weighted by Gasteiger charge is 2.20. The van der Waals surface area contributed by atoms with E-state index in [0.717, 1.165) is 4.88 Å². The second-order valence-electron chi connectivity index (χ2n) is 4.84. The molecule has 0 unspecified atom stereocenters. The quantitative estimate of drug-likeness (QED) is 0.710. The van der Waals surface area contributed by atoms with E-state index in [0.29, 0.717) is 9.90 Å². The molecule has 4 heteroatoms. The van der Waals surface area contributed by atoms with Gasteiger partial charge in [-0.05, 0) is 29.0 Å². The van der Waals surface area contributed by atoms with Crippen LogP contribution in [0.5, 0.6) is 0 Å². The van der Waals surface area contributed by atoms with E-state index in [4.69, 9.17) is 11.6 Å². The number of halogens is 1. The lowest BCUT2D eigenvalue weighted by molar-refractivity contribution is 0.104.